The fourth-order valence-electron chi connectivity index (χ4n) is 4.37. The van der Waals surface area contributed by atoms with E-state index in [0.717, 1.165) is 50.1 Å². The number of aromatic nitrogens is 4. The van der Waals surface area contributed by atoms with Crippen molar-refractivity contribution in [3.63, 3.8) is 0 Å². The van der Waals surface area contributed by atoms with Gasteiger partial charge < -0.3 is 21.0 Å². The van der Waals surface area contributed by atoms with Crippen LogP contribution in [0.25, 0.3) is 0 Å². The van der Waals surface area contributed by atoms with Crippen molar-refractivity contribution in [2.75, 3.05) is 17.2 Å². The summed E-state index contributed by atoms with van der Waals surface area (Å²) in [5, 5.41) is 24.0. The molecule has 2 amide bonds. The van der Waals surface area contributed by atoms with Crippen LogP contribution in [0.2, 0.25) is 0 Å². The average molecular weight is 597 g/mol. The molecule has 5 rings (SSSR count). The second kappa shape index (κ2) is 12.0. The third-order valence-corrected chi connectivity index (χ3v) is 10.0. The molecule has 13 nitrogen and oxygen atoms in total. The van der Waals surface area contributed by atoms with E-state index >= 15 is 0 Å². The van der Waals surface area contributed by atoms with Gasteiger partial charge in [-0.15, -0.1) is 22.0 Å². The van der Waals surface area contributed by atoms with E-state index in [9.17, 15) is 19.5 Å². The van der Waals surface area contributed by atoms with E-state index in [0.29, 0.717) is 21.4 Å². The number of oxime groups is 1. The Morgan fingerprint density at radius 3 is 2.74 bits per heavy atom. The second-order valence-corrected chi connectivity index (χ2v) is 12.7. The van der Waals surface area contributed by atoms with Crippen molar-refractivity contribution in [2.45, 2.75) is 60.4 Å². The summed E-state index contributed by atoms with van der Waals surface area (Å²) in [4.78, 5) is 49.5. The first-order valence-corrected chi connectivity index (χ1v) is 15.5. The number of anilines is 1. The van der Waals surface area contributed by atoms with Gasteiger partial charge in [0.25, 0.3) is 11.8 Å². The summed E-state index contributed by atoms with van der Waals surface area (Å²) in [7, 11) is 0. The highest BCUT2D eigenvalue weighted by Gasteiger charge is 2.54. The molecule has 4 heterocycles. The number of nitrogen functional groups attached to an aromatic ring is 1. The molecule has 4 N–H and O–H groups in total. The molecule has 2 aromatic heterocycles. The van der Waals surface area contributed by atoms with Crippen LogP contribution in [0.3, 0.4) is 0 Å². The van der Waals surface area contributed by atoms with E-state index in [1.54, 1.807) is 5.51 Å². The van der Waals surface area contributed by atoms with Gasteiger partial charge >= 0.3 is 5.97 Å². The fourth-order valence-corrected chi connectivity index (χ4v) is 7.78. The molecule has 2 fully saturated rings. The number of carbonyl (C=O) groups excluding carboxylic acids is 2. The van der Waals surface area contributed by atoms with Gasteiger partial charge in [0, 0.05) is 23.0 Å². The van der Waals surface area contributed by atoms with Crippen molar-refractivity contribution in [3.8, 4) is 0 Å². The highest BCUT2D eigenvalue weighted by molar-refractivity contribution is 8.01. The molecular weight excluding hydrogens is 573 g/mol. The number of hydrogen-bond donors (Lipinski definition) is 3. The van der Waals surface area contributed by atoms with Crippen molar-refractivity contribution in [1.29, 1.82) is 0 Å². The number of nitrogens with two attached hydrogens (primary N) is 1. The largest absolute Gasteiger partial charge is 0.477 e. The van der Waals surface area contributed by atoms with Crippen LogP contribution in [-0.2, 0) is 19.2 Å². The molecule has 17 heteroatoms. The number of carbonyl (C=O) groups is 3. The van der Waals surface area contributed by atoms with Gasteiger partial charge in [-0.25, -0.2) is 4.79 Å². The Labute approximate surface area is 233 Å². The summed E-state index contributed by atoms with van der Waals surface area (Å²) in [5.41, 5.74) is 7.70. The lowest BCUT2D eigenvalue weighted by Gasteiger charge is -2.49. The van der Waals surface area contributed by atoms with Crippen LogP contribution in [0, 0.1) is 0 Å². The van der Waals surface area contributed by atoms with Crippen molar-refractivity contribution < 1.29 is 24.3 Å². The molecule has 3 aliphatic rings. The molecule has 1 aliphatic carbocycles. The fraction of sp³-hybridized carbons (Fsp3) is 0.524. The Hall–Kier alpha value is -2.76. The predicted molar refractivity (Wildman–Crippen MR) is 144 cm³/mol. The van der Waals surface area contributed by atoms with E-state index in [-0.39, 0.29) is 28.5 Å². The first-order valence-electron chi connectivity index (χ1n) is 11.9. The SMILES string of the molecule is Nc1nc(/C(=N/OC2CCCCCC2)C(=O)NC2C(=O)N3C(C(=O)O)=C(CSc4nncs4)CS[C@H]23)ns1. The zero-order chi connectivity index (χ0) is 26.6. The standard InChI is InChI=1S/C21H24N8O5S4/c22-20-25-15(28-38-20)12(27-34-11-5-3-1-2-4-6-11)16(30)24-13-17(31)29-14(19(32)33)10(7-35-18(13)29)8-36-21-26-23-9-37-21/h9,11,13,18H,1-8H2,(H,24,30)(H,32,33)(H2,22,25,28)/b27-12-/t13?,18-/m1/s1. The Morgan fingerprint density at radius 2 is 2.08 bits per heavy atom. The molecule has 0 bridgehead atoms. The first kappa shape index (κ1) is 26.8. The van der Waals surface area contributed by atoms with Crippen molar-refractivity contribution in [1.82, 2.24) is 29.8 Å². The Kier molecular flexibility index (Phi) is 8.45. The summed E-state index contributed by atoms with van der Waals surface area (Å²) in [5.74, 6) is -1.62. The summed E-state index contributed by atoms with van der Waals surface area (Å²) in [6, 6.07) is -0.932. The van der Waals surface area contributed by atoms with Crippen molar-refractivity contribution in [3.05, 3.63) is 22.6 Å². The van der Waals surface area contributed by atoms with Gasteiger partial charge in [0.05, 0.1) is 0 Å². The minimum absolute atomic E-state index is 0.0145. The number of nitrogens with zero attached hydrogens (tertiary/aromatic N) is 6. The number of nitrogens with one attached hydrogen (secondary N) is 1. The summed E-state index contributed by atoms with van der Waals surface area (Å²) in [6.45, 7) is 0. The van der Waals surface area contributed by atoms with Crippen molar-refractivity contribution in [2.24, 2.45) is 5.16 Å². The monoisotopic (exact) mass is 596 g/mol. The topological polar surface area (TPSA) is 186 Å². The number of fused-ring (bicyclic) bond motifs is 1. The summed E-state index contributed by atoms with van der Waals surface area (Å²) < 4.78 is 4.81. The lowest BCUT2D eigenvalue weighted by atomic mass is 10.0. The van der Waals surface area contributed by atoms with Gasteiger partial charge in [-0.2, -0.15) is 9.36 Å². The Morgan fingerprint density at radius 1 is 1.29 bits per heavy atom. The van der Waals surface area contributed by atoms with Gasteiger partial charge in [0.1, 0.15) is 28.7 Å². The number of aliphatic carboxylic acids is 1. The zero-order valence-electron chi connectivity index (χ0n) is 19.9. The molecule has 2 aromatic rings. The number of thioether (sulfide) groups is 2. The highest BCUT2D eigenvalue weighted by atomic mass is 32.2. The number of β-lactam (4-membered cyclic amide) rings is 1. The van der Waals surface area contributed by atoms with Crippen LogP contribution in [0.5, 0.6) is 0 Å². The minimum atomic E-state index is -1.19. The predicted octanol–water partition coefficient (Wildman–Crippen LogP) is 1.95. The molecule has 0 aromatic carbocycles. The summed E-state index contributed by atoms with van der Waals surface area (Å²) in [6.07, 6.45) is 5.87. The normalized spacial score (nSPS) is 22.5. The van der Waals surface area contributed by atoms with Crippen LogP contribution < -0.4 is 11.1 Å². The van der Waals surface area contributed by atoms with E-state index in [2.05, 4.69) is 30.0 Å². The van der Waals surface area contributed by atoms with Crippen LogP contribution in [0.1, 0.15) is 44.3 Å². The number of carboxylic acid groups (broad SMARTS) is 1. The molecule has 1 saturated carbocycles. The van der Waals surface area contributed by atoms with E-state index < -0.39 is 29.2 Å². The van der Waals surface area contributed by atoms with Gasteiger partial charge in [-0.05, 0) is 31.3 Å². The van der Waals surface area contributed by atoms with Gasteiger partial charge in [0.2, 0.25) is 11.5 Å². The maximum atomic E-state index is 13.3. The van der Waals surface area contributed by atoms with Crippen LogP contribution in [0.15, 0.2) is 26.3 Å². The minimum Gasteiger partial charge on any atom is -0.477 e. The Balaban J connectivity index is 1.30. The third kappa shape index (κ3) is 5.79. The number of rotatable bonds is 9. The molecule has 202 valence electrons. The van der Waals surface area contributed by atoms with Crippen LogP contribution in [0.4, 0.5) is 5.13 Å². The highest BCUT2D eigenvalue weighted by Crippen LogP contribution is 2.41. The summed E-state index contributed by atoms with van der Waals surface area (Å²) >= 11 is 5.03. The number of carboxylic acids is 1. The molecular formula is C21H24N8O5S4. The molecule has 0 radical (unpaired) electrons. The van der Waals surface area contributed by atoms with Crippen LogP contribution >= 0.6 is 46.4 Å². The second-order valence-electron chi connectivity index (χ2n) is 8.73. The number of hydrogen-bond acceptors (Lipinski definition) is 14. The molecule has 0 spiro atoms. The zero-order valence-corrected chi connectivity index (χ0v) is 23.2. The first-order chi connectivity index (χ1) is 18.4. The van der Waals surface area contributed by atoms with Gasteiger partial charge in [0.15, 0.2) is 9.47 Å². The van der Waals surface area contributed by atoms with E-state index in [4.69, 9.17) is 10.6 Å². The van der Waals surface area contributed by atoms with Gasteiger partial charge in [-0.3, -0.25) is 14.5 Å². The van der Waals surface area contributed by atoms with Crippen molar-refractivity contribution >= 4 is 75.0 Å². The molecule has 38 heavy (non-hydrogen) atoms. The third-order valence-electron chi connectivity index (χ3n) is 6.21. The smallest absolute Gasteiger partial charge is 0.352 e. The van der Waals surface area contributed by atoms with E-state index in [1.165, 1.54) is 39.8 Å². The lowest BCUT2D eigenvalue weighted by molar-refractivity contribution is -0.150. The molecule has 1 saturated heterocycles. The maximum absolute atomic E-state index is 13.3. The van der Waals surface area contributed by atoms with E-state index in [1.807, 2.05) is 0 Å². The molecule has 1 unspecified atom stereocenters. The van der Waals surface area contributed by atoms with Gasteiger partial charge in [-0.1, -0.05) is 41.1 Å². The van der Waals surface area contributed by atoms with Crippen LogP contribution in [-0.4, -0.2) is 82.1 Å². The maximum Gasteiger partial charge on any atom is 0.352 e. The average Bonchev–Trinajstić information content (AvgIpc) is 3.51. The lowest BCUT2D eigenvalue weighted by Crippen LogP contribution is -2.71. The molecule has 2 atom stereocenters. The number of amides is 2. The Bertz CT molecular complexity index is 1260. The molecule has 2 aliphatic heterocycles. The quantitative estimate of drug-likeness (QED) is 0.126.